The van der Waals surface area contributed by atoms with E-state index in [9.17, 15) is 22.0 Å². The van der Waals surface area contributed by atoms with E-state index >= 15 is 0 Å². The molecule has 0 aliphatic carbocycles. The van der Waals surface area contributed by atoms with Gasteiger partial charge in [0.1, 0.15) is 0 Å². The Kier molecular flexibility index (Phi) is 5.91. The summed E-state index contributed by atoms with van der Waals surface area (Å²) in [4.78, 5) is 4.95. The molecule has 23 heavy (non-hydrogen) atoms. The summed E-state index contributed by atoms with van der Waals surface area (Å²) in [5.41, 5.74) is -2.67. The largest absolute Gasteiger partial charge is 0.446 e. The van der Waals surface area contributed by atoms with Gasteiger partial charge in [-0.25, -0.2) is 8.78 Å². The number of alkyl halides is 5. The Morgan fingerprint density at radius 1 is 1.22 bits per heavy atom. The van der Waals surface area contributed by atoms with Gasteiger partial charge in [-0.2, -0.15) is 13.2 Å². The first-order chi connectivity index (χ1) is 10.7. The van der Waals surface area contributed by atoms with Gasteiger partial charge < -0.3 is 9.88 Å². The van der Waals surface area contributed by atoms with Crippen LogP contribution in [0.5, 0.6) is 0 Å². The number of hydrogen-bond acceptors (Lipinski definition) is 2. The quantitative estimate of drug-likeness (QED) is 0.564. The van der Waals surface area contributed by atoms with Gasteiger partial charge in [0.25, 0.3) is 0 Å². The zero-order valence-electron chi connectivity index (χ0n) is 12.5. The minimum atomic E-state index is -4.32. The Morgan fingerprint density at radius 2 is 1.96 bits per heavy atom. The first-order valence-corrected chi connectivity index (χ1v) is 7.88. The normalized spacial score (nSPS) is 12.7. The number of fused-ring (bicyclic) bond motifs is 1. The molecule has 2 nitrogen and oxygen atoms in total. The smallest absolute Gasteiger partial charge is 0.361 e. The van der Waals surface area contributed by atoms with Crippen LogP contribution in [0.15, 0.2) is 29.3 Å². The van der Waals surface area contributed by atoms with E-state index in [1.165, 1.54) is 12.1 Å². The van der Waals surface area contributed by atoms with Crippen molar-refractivity contribution in [2.75, 3.05) is 20.1 Å². The zero-order valence-corrected chi connectivity index (χ0v) is 13.3. The second kappa shape index (κ2) is 7.53. The Bertz CT molecular complexity index is 638. The Labute approximate surface area is 135 Å². The molecule has 0 amide bonds. The molecule has 0 aliphatic rings. The molecule has 1 N–H and O–H groups in total. The van der Waals surface area contributed by atoms with Crippen LogP contribution >= 0.6 is 11.8 Å². The van der Waals surface area contributed by atoms with Gasteiger partial charge in [0.05, 0.1) is 0 Å². The molecule has 1 aromatic carbocycles. The molecule has 0 bridgehead atoms. The number of aromatic nitrogens is 1. The van der Waals surface area contributed by atoms with Gasteiger partial charge in [0.15, 0.2) is 0 Å². The summed E-state index contributed by atoms with van der Waals surface area (Å²) >= 11 is -0.144. The van der Waals surface area contributed by atoms with E-state index in [-0.39, 0.29) is 29.6 Å². The fraction of sp³-hybridized carbons (Fsp3) is 0.467. The second-order valence-corrected chi connectivity index (χ2v) is 6.44. The molecular weight excluding hydrogens is 335 g/mol. The lowest BCUT2D eigenvalue weighted by molar-refractivity contribution is -0.0328. The van der Waals surface area contributed by atoms with Crippen LogP contribution in [-0.4, -0.2) is 42.0 Å². The van der Waals surface area contributed by atoms with Crippen LogP contribution in [-0.2, 0) is 6.42 Å². The summed E-state index contributed by atoms with van der Waals surface area (Å²) in [5.74, 6) is 0. The number of hydrogen-bond donors (Lipinski definition) is 1. The molecule has 0 spiro atoms. The summed E-state index contributed by atoms with van der Waals surface area (Å²) in [6.07, 6.45) is -0.169. The number of thioether (sulfide) groups is 1. The van der Waals surface area contributed by atoms with Gasteiger partial charge in [-0.3, -0.25) is 0 Å². The van der Waals surface area contributed by atoms with E-state index in [1.807, 2.05) is 0 Å². The molecule has 2 rings (SSSR count). The Balaban J connectivity index is 2.04. The fourth-order valence-corrected chi connectivity index (χ4v) is 2.88. The predicted octanol–water partition coefficient (Wildman–Crippen LogP) is 4.91. The standard InChI is InChI=1S/C15H17F5N2S/c1-22(7-5-14(16)17)6-4-10-9-21-13-3-2-11(8-12(10)13)23-15(18,19)20/h2-3,8-9,14,21H,4-7H2,1H3. The van der Waals surface area contributed by atoms with Gasteiger partial charge in [0, 0.05) is 41.5 Å². The van der Waals surface area contributed by atoms with Crippen molar-refractivity contribution in [1.82, 2.24) is 9.88 Å². The molecule has 0 saturated carbocycles. The second-order valence-electron chi connectivity index (χ2n) is 5.30. The number of rotatable bonds is 7. The third kappa shape index (κ3) is 5.69. The van der Waals surface area contributed by atoms with Crippen molar-refractivity contribution in [3.05, 3.63) is 30.0 Å². The molecule has 8 heteroatoms. The number of nitrogens with zero attached hydrogens (tertiary/aromatic N) is 1. The molecule has 1 aromatic heterocycles. The molecule has 0 aliphatic heterocycles. The van der Waals surface area contributed by atoms with Crippen LogP contribution < -0.4 is 0 Å². The molecule has 0 fully saturated rings. The van der Waals surface area contributed by atoms with E-state index in [2.05, 4.69) is 4.98 Å². The monoisotopic (exact) mass is 352 g/mol. The van der Waals surface area contributed by atoms with E-state index < -0.39 is 11.9 Å². The highest BCUT2D eigenvalue weighted by Crippen LogP contribution is 2.38. The number of likely N-dealkylation sites (N-methyl/N-ethyl adjacent to an activating group) is 1. The highest BCUT2D eigenvalue weighted by Gasteiger charge is 2.29. The summed E-state index contributed by atoms with van der Waals surface area (Å²) < 4.78 is 61.7. The van der Waals surface area contributed by atoms with Crippen LogP contribution in [0.3, 0.4) is 0 Å². The molecule has 2 aromatic rings. The van der Waals surface area contributed by atoms with E-state index in [0.717, 1.165) is 16.5 Å². The van der Waals surface area contributed by atoms with Gasteiger partial charge in [-0.1, -0.05) is 0 Å². The number of nitrogens with one attached hydrogen (secondary N) is 1. The topological polar surface area (TPSA) is 19.0 Å². The number of H-pyrrole nitrogens is 1. The molecule has 1 heterocycles. The summed E-state index contributed by atoms with van der Waals surface area (Å²) in [7, 11) is 1.75. The van der Waals surface area contributed by atoms with Crippen molar-refractivity contribution >= 4 is 22.7 Å². The molecule has 0 saturated heterocycles. The first-order valence-electron chi connectivity index (χ1n) is 7.07. The SMILES string of the molecule is CN(CCc1c[nH]c2ccc(SC(F)(F)F)cc12)CCC(F)F. The van der Waals surface area contributed by atoms with Gasteiger partial charge in [-0.15, -0.1) is 0 Å². The Hall–Kier alpha value is -1.28. The van der Waals surface area contributed by atoms with E-state index in [1.54, 1.807) is 24.2 Å². The molecule has 0 atom stereocenters. The van der Waals surface area contributed by atoms with Gasteiger partial charge in [0.2, 0.25) is 6.43 Å². The minimum Gasteiger partial charge on any atom is -0.361 e. The maximum atomic E-state index is 12.5. The van der Waals surface area contributed by atoms with E-state index in [0.29, 0.717) is 13.0 Å². The summed E-state index contributed by atoms with van der Waals surface area (Å²) in [6.45, 7) is 0.853. The lowest BCUT2D eigenvalue weighted by Crippen LogP contribution is -2.23. The minimum absolute atomic E-state index is 0.136. The first kappa shape index (κ1) is 18.1. The van der Waals surface area contributed by atoms with Crippen LogP contribution in [0.1, 0.15) is 12.0 Å². The number of halogens is 5. The highest BCUT2D eigenvalue weighted by molar-refractivity contribution is 8.00. The van der Waals surface area contributed by atoms with E-state index in [4.69, 9.17) is 0 Å². The molecular formula is C15H17F5N2S. The van der Waals surface area contributed by atoms with Crippen LogP contribution in [0.25, 0.3) is 10.9 Å². The predicted molar refractivity (Wildman–Crippen MR) is 82.0 cm³/mol. The number of aromatic amines is 1. The van der Waals surface area contributed by atoms with Crippen molar-refractivity contribution in [3.63, 3.8) is 0 Å². The van der Waals surface area contributed by atoms with Crippen molar-refractivity contribution in [2.45, 2.75) is 29.7 Å². The maximum absolute atomic E-state index is 12.5. The maximum Gasteiger partial charge on any atom is 0.446 e. The molecule has 128 valence electrons. The third-order valence-electron chi connectivity index (χ3n) is 3.46. The van der Waals surface area contributed by atoms with Crippen molar-refractivity contribution in [2.24, 2.45) is 0 Å². The lowest BCUT2D eigenvalue weighted by Gasteiger charge is -2.15. The van der Waals surface area contributed by atoms with Crippen LogP contribution in [0, 0.1) is 0 Å². The number of benzene rings is 1. The Morgan fingerprint density at radius 3 is 2.61 bits per heavy atom. The molecule has 0 unspecified atom stereocenters. The highest BCUT2D eigenvalue weighted by atomic mass is 32.2. The zero-order chi connectivity index (χ0) is 17.0. The van der Waals surface area contributed by atoms with Crippen molar-refractivity contribution < 1.29 is 22.0 Å². The summed E-state index contributed by atoms with van der Waals surface area (Å²) in [5, 5.41) is 0.738. The van der Waals surface area contributed by atoms with Crippen LogP contribution in [0.2, 0.25) is 0 Å². The van der Waals surface area contributed by atoms with Crippen molar-refractivity contribution in [3.8, 4) is 0 Å². The fourth-order valence-electron chi connectivity index (χ4n) is 2.30. The molecule has 0 radical (unpaired) electrons. The van der Waals surface area contributed by atoms with Gasteiger partial charge >= 0.3 is 5.51 Å². The third-order valence-corrected chi connectivity index (χ3v) is 4.19. The average Bonchev–Trinajstić information content (AvgIpc) is 2.83. The van der Waals surface area contributed by atoms with Crippen molar-refractivity contribution in [1.29, 1.82) is 0 Å². The lowest BCUT2D eigenvalue weighted by atomic mass is 10.1. The summed E-state index contributed by atoms with van der Waals surface area (Å²) in [6, 6.07) is 4.56. The average molecular weight is 352 g/mol. The van der Waals surface area contributed by atoms with Gasteiger partial charge in [-0.05, 0) is 49.0 Å². The van der Waals surface area contributed by atoms with Crippen LogP contribution in [0.4, 0.5) is 22.0 Å².